The molecule has 0 aromatic heterocycles. The highest BCUT2D eigenvalue weighted by atomic mass is 32.2. The van der Waals surface area contributed by atoms with Crippen LogP contribution < -0.4 is 5.32 Å². The summed E-state index contributed by atoms with van der Waals surface area (Å²) in [4.78, 5) is 13.0. The second-order valence-corrected chi connectivity index (χ2v) is 15.6. The standard InChI is InChI=1S/C32H49NO5S/c1-21(9-14-30(35)33-29(20-39(36,37)38)22-7-5-4-6-8-22)26-12-13-27-25-11-10-23-19-24(34)15-17-31(23,2)28(25)16-18-32(26,27)3/h4-8,21,23-29,34H,9-20H2,1-3H3,(H,33,35)(H,36,37,38). The molecule has 6 nitrogen and oxygen atoms in total. The molecule has 1 amide bonds. The van der Waals surface area contributed by atoms with Crippen molar-refractivity contribution in [3.63, 3.8) is 0 Å². The van der Waals surface area contributed by atoms with Crippen molar-refractivity contribution in [2.45, 2.75) is 104 Å². The second kappa shape index (κ2) is 11.1. The van der Waals surface area contributed by atoms with Gasteiger partial charge in [-0.15, -0.1) is 0 Å². The van der Waals surface area contributed by atoms with Gasteiger partial charge in [-0.1, -0.05) is 51.1 Å². The number of hydrogen-bond donors (Lipinski definition) is 3. The lowest BCUT2D eigenvalue weighted by Gasteiger charge is -2.61. The van der Waals surface area contributed by atoms with Crippen molar-refractivity contribution >= 4 is 16.0 Å². The monoisotopic (exact) mass is 559 g/mol. The molecule has 0 spiro atoms. The van der Waals surface area contributed by atoms with Gasteiger partial charge in [0.05, 0.1) is 17.9 Å². The van der Waals surface area contributed by atoms with Crippen LogP contribution >= 0.6 is 0 Å². The van der Waals surface area contributed by atoms with Crippen LogP contribution in [0.1, 0.15) is 103 Å². The first-order valence-corrected chi connectivity index (χ1v) is 17.0. The van der Waals surface area contributed by atoms with Gasteiger partial charge in [-0.3, -0.25) is 9.35 Å². The van der Waals surface area contributed by atoms with Gasteiger partial charge in [0.15, 0.2) is 0 Å². The minimum atomic E-state index is -4.23. The van der Waals surface area contributed by atoms with E-state index in [0.717, 1.165) is 37.0 Å². The molecular formula is C32H49NO5S. The molecule has 5 rings (SSSR count). The maximum absolute atomic E-state index is 13.0. The maximum atomic E-state index is 13.0. The first kappa shape index (κ1) is 29.1. The van der Waals surface area contributed by atoms with E-state index in [-0.39, 0.29) is 12.0 Å². The van der Waals surface area contributed by atoms with Crippen molar-refractivity contribution in [2.24, 2.45) is 46.3 Å². The Morgan fingerprint density at radius 1 is 1.00 bits per heavy atom. The summed E-state index contributed by atoms with van der Waals surface area (Å²) in [6, 6.07) is 8.24. The van der Waals surface area contributed by atoms with E-state index < -0.39 is 21.9 Å². The van der Waals surface area contributed by atoms with E-state index in [2.05, 4.69) is 26.1 Å². The van der Waals surface area contributed by atoms with Crippen LogP contribution in [0.15, 0.2) is 30.3 Å². The average Bonchev–Trinajstić information content (AvgIpc) is 3.24. The minimum absolute atomic E-state index is 0.0987. The Hall–Kier alpha value is -1.44. The van der Waals surface area contributed by atoms with E-state index in [1.54, 1.807) is 24.3 Å². The predicted octanol–water partition coefficient (Wildman–Crippen LogP) is 6.17. The van der Waals surface area contributed by atoms with Crippen molar-refractivity contribution in [3.05, 3.63) is 35.9 Å². The molecule has 10 atom stereocenters. The number of aliphatic hydroxyl groups is 1. The summed E-state index contributed by atoms with van der Waals surface area (Å²) < 4.78 is 32.7. The molecule has 0 aliphatic heterocycles. The zero-order valence-electron chi connectivity index (χ0n) is 24.0. The van der Waals surface area contributed by atoms with E-state index in [9.17, 15) is 22.9 Å². The van der Waals surface area contributed by atoms with Crippen LogP contribution in [0.2, 0.25) is 0 Å². The summed E-state index contributed by atoms with van der Waals surface area (Å²) in [5.74, 6) is 3.39. The summed E-state index contributed by atoms with van der Waals surface area (Å²) in [5.41, 5.74) is 1.39. The van der Waals surface area contributed by atoms with Gasteiger partial charge in [0, 0.05) is 6.42 Å². The van der Waals surface area contributed by atoms with Crippen molar-refractivity contribution in [1.82, 2.24) is 5.32 Å². The number of nitrogens with one attached hydrogen (secondary N) is 1. The molecule has 0 bridgehead atoms. The highest BCUT2D eigenvalue weighted by Crippen LogP contribution is 2.68. The van der Waals surface area contributed by atoms with Gasteiger partial charge in [0.25, 0.3) is 10.1 Å². The van der Waals surface area contributed by atoms with Gasteiger partial charge in [0.1, 0.15) is 0 Å². The zero-order valence-corrected chi connectivity index (χ0v) is 24.8. The van der Waals surface area contributed by atoms with Crippen molar-refractivity contribution in [3.8, 4) is 0 Å². The van der Waals surface area contributed by atoms with E-state index in [1.807, 2.05) is 6.07 Å². The van der Waals surface area contributed by atoms with E-state index in [0.29, 0.717) is 40.6 Å². The Balaban J connectivity index is 1.20. The van der Waals surface area contributed by atoms with Crippen molar-refractivity contribution in [2.75, 3.05) is 5.75 Å². The number of carbonyl (C=O) groups excluding carboxylic acids is 1. The van der Waals surface area contributed by atoms with E-state index >= 15 is 0 Å². The van der Waals surface area contributed by atoms with Gasteiger partial charge in [-0.2, -0.15) is 8.42 Å². The van der Waals surface area contributed by atoms with Crippen molar-refractivity contribution in [1.29, 1.82) is 0 Å². The predicted molar refractivity (Wildman–Crippen MR) is 153 cm³/mol. The molecule has 4 aliphatic carbocycles. The van der Waals surface area contributed by atoms with Gasteiger partial charge >= 0.3 is 0 Å². The lowest BCUT2D eigenvalue weighted by molar-refractivity contribution is -0.130. The topological polar surface area (TPSA) is 104 Å². The second-order valence-electron chi connectivity index (χ2n) is 14.1. The summed E-state index contributed by atoms with van der Waals surface area (Å²) in [6.45, 7) is 7.39. The first-order valence-electron chi connectivity index (χ1n) is 15.4. The fourth-order valence-electron chi connectivity index (χ4n) is 10.2. The number of hydrogen-bond acceptors (Lipinski definition) is 4. The van der Waals surface area contributed by atoms with Crippen LogP contribution in [0.3, 0.4) is 0 Å². The Morgan fingerprint density at radius 3 is 2.41 bits per heavy atom. The van der Waals surface area contributed by atoms with Crippen LogP contribution in [-0.2, 0) is 14.9 Å². The molecule has 0 heterocycles. The fraction of sp³-hybridized carbons (Fsp3) is 0.781. The third-order valence-corrected chi connectivity index (χ3v) is 12.9. The van der Waals surface area contributed by atoms with Gasteiger partial charge in [-0.25, -0.2) is 0 Å². The highest BCUT2D eigenvalue weighted by Gasteiger charge is 2.60. The SMILES string of the molecule is CC(CCC(=O)NC(CS(=O)(=O)O)c1ccccc1)C1CCC2C3CCC4CC(O)CCC4(C)C3CCC12C. The Kier molecular flexibility index (Phi) is 8.27. The molecule has 4 aliphatic rings. The molecule has 7 heteroatoms. The fourth-order valence-corrected chi connectivity index (χ4v) is 10.9. The summed E-state index contributed by atoms with van der Waals surface area (Å²) >= 11 is 0. The molecule has 4 saturated carbocycles. The number of fused-ring (bicyclic) bond motifs is 5. The molecule has 1 aromatic rings. The molecule has 218 valence electrons. The van der Waals surface area contributed by atoms with Crippen molar-refractivity contribution < 1.29 is 22.9 Å². The van der Waals surface area contributed by atoms with Crippen LogP contribution in [-0.4, -0.2) is 35.8 Å². The summed E-state index contributed by atoms with van der Waals surface area (Å²) in [5, 5.41) is 13.2. The quantitative estimate of drug-likeness (QED) is 0.331. The summed E-state index contributed by atoms with van der Waals surface area (Å²) in [6.07, 6.45) is 11.9. The number of amides is 1. The van der Waals surface area contributed by atoms with Crippen LogP contribution in [0, 0.1) is 46.3 Å². The number of rotatable bonds is 8. The number of benzene rings is 1. The van der Waals surface area contributed by atoms with Gasteiger partial charge in [-0.05, 0) is 116 Å². The van der Waals surface area contributed by atoms with Crippen LogP contribution in [0.5, 0.6) is 0 Å². The molecule has 0 radical (unpaired) electrons. The third-order valence-electron chi connectivity index (χ3n) is 12.1. The molecular weight excluding hydrogens is 510 g/mol. The average molecular weight is 560 g/mol. The molecule has 10 unspecified atom stereocenters. The molecule has 3 N–H and O–H groups in total. The first-order chi connectivity index (χ1) is 18.4. The molecule has 39 heavy (non-hydrogen) atoms. The summed E-state index contributed by atoms with van der Waals surface area (Å²) in [7, 11) is -4.23. The molecule has 1 aromatic carbocycles. The van der Waals surface area contributed by atoms with E-state index in [1.165, 1.54) is 44.9 Å². The Labute approximate surface area is 235 Å². The van der Waals surface area contributed by atoms with Gasteiger partial charge < -0.3 is 10.4 Å². The lowest BCUT2D eigenvalue weighted by Crippen LogP contribution is -2.54. The lowest BCUT2D eigenvalue weighted by atomic mass is 9.44. The third kappa shape index (κ3) is 5.83. The maximum Gasteiger partial charge on any atom is 0.267 e. The van der Waals surface area contributed by atoms with Gasteiger partial charge in [0.2, 0.25) is 5.91 Å². The molecule has 0 saturated heterocycles. The smallest absolute Gasteiger partial charge is 0.267 e. The highest BCUT2D eigenvalue weighted by molar-refractivity contribution is 7.85. The number of aliphatic hydroxyl groups excluding tert-OH is 1. The van der Waals surface area contributed by atoms with Crippen LogP contribution in [0.4, 0.5) is 0 Å². The minimum Gasteiger partial charge on any atom is -0.393 e. The normalized spacial score (nSPS) is 39.6. The number of carbonyl (C=O) groups is 1. The van der Waals surface area contributed by atoms with Crippen LogP contribution in [0.25, 0.3) is 0 Å². The zero-order chi connectivity index (χ0) is 28.0. The largest absolute Gasteiger partial charge is 0.393 e. The Bertz CT molecular complexity index is 1120. The van der Waals surface area contributed by atoms with E-state index in [4.69, 9.17) is 0 Å². The Morgan fingerprint density at radius 2 is 1.69 bits per heavy atom. The molecule has 4 fully saturated rings.